The van der Waals surface area contributed by atoms with Crippen molar-refractivity contribution in [2.24, 2.45) is 0 Å². The molecule has 3 nitrogen and oxygen atoms in total. The van der Waals surface area contributed by atoms with Crippen LogP contribution in [-0.4, -0.2) is 23.5 Å². The highest BCUT2D eigenvalue weighted by molar-refractivity contribution is 5.79. The van der Waals surface area contributed by atoms with Gasteiger partial charge in [0.15, 0.2) is 0 Å². The quantitative estimate of drug-likeness (QED) is 0.827. The van der Waals surface area contributed by atoms with Gasteiger partial charge in [-0.2, -0.15) is 5.10 Å². The Hall–Kier alpha value is -1.35. The van der Waals surface area contributed by atoms with Gasteiger partial charge in [-0.3, -0.25) is 4.68 Å². The maximum absolute atomic E-state index is 5.25. The number of ether oxygens (including phenoxy) is 1. The molecule has 1 heterocycles. The van der Waals surface area contributed by atoms with Gasteiger partial charge in [0.1, 0.15) is 0 Å². The summed E-state index contributed by atoms with van der Waals surface area (Å²) in [5.41, 5.74) is 2.30. The summed E-state index contributed by atoms with van der Waals surface area (Å²) in [6.45, 7) is 11.0. The van der Waals surface area contributed by atoms with Crippen molar-refractivity contribution < 1.29 is 4.74 Å². The van der Waals surface area contributed by atoms with Crippen molar-refractivity contribution in [3.8, 4) is 0 Å². The fourth-order valence-corrected chi connectivity index (χ4v) is 2.03. The number of hydrogen-bond donors (Lipinski definition) is 0. The number of methoxy groups -OCH3 is 1. The SMILES string of the molecule is CC.COCC(C)(C)n1ncc2ccc(C)cc21. The molecule has 0 fully saturated rings. The fraction of sp³-hybridized carbons (Fsp3) is 0.533. The lowest BCUT2D eigenvalue weighted by Gasteiger charge is -2.25. The normalized spacial score (nSPS) is 11.2. The summed E-state index contributed by atoms with van der Waals surface area (Å²) >= 11 is 0. The van der Waals surface area contributed by atoms with Gasteiger partial charge >= 0.3 is 0 Å². The van der Waals surface area contributed by atoms with Crippen molar-refractivity contribution in [2.45, 2.75) is 40.2 Å². The Bertz CT molecular complexity index is 500. The van der Waals surface area contributed by atoms with E-state index in [9.17, 15) is 0 Å². The van der Waals surface area contributed by atoms with E-state index in [-0.39, 0.29) is 5.54 Å². The lowest BCUT2D eigenvalue weighted by Crippen LogP contribution is -2.32. The molecule has 0 aliphatic carbocycles. The molecule has 0 amide bonds. The van der Waals surface area contributed by atoms with Crippen molar-refractivity contribution in [1.82, 2.24) is 9.78 Å². The van der Waals surface area contributed by atoms with Crippen molar-refractivity contribution in [1.29, 1.82) is 0 Å². The maximum Gasteiger partial charge on any atom is 0.0811 e. The Morgan fingerprint density at radius 2 is 1.94 bits per heavy atom. The first-order valence-corrected chi connectivity index (χ1v) is 6.48. The second kappa shape index (κ2) is 6.01. The molecule has 0 saturated heterocycles. The van der Waals surface area contributed by atoms with Crippen LogP contribution in [0, 0.1) is 6.92 Å². The summed E-state index contributed by atoms with van der Waals surface area (Å²) in [6.07, 6.45) is 1.91. The standard InChI is InChI=1S/C13H18N2O.C2H6/c1-10-5-6-11-8-14-15(12(11)7-10)13(2,3)9-16-4;1-2/h5-8H,9H2,1-4H3;1-2H3. The van der Waals surface area contributed by atoms with Crippen LogP contribution in [0.25, 0.3) is 10.9 Å². The molecule has 0 aliphatic rings. The summed E-state index contributed by atoms with van der Waals surface area (Å²) in [7, 11) is 1.72. The molecule has 2 rings (SSSR count). The number of benzene rings is 1. The predicted molar refractivity (Wildman–Crippen MR) is 77.0 cm³/mol. The van der Waals surface area contributed by atoms with Crippen LogP contribution in [0.2, 0.25) is 0 Å². The van der Waals surface area contributed by atoms with Gasteiger partial charge in [0.05, 0.1) is 23.9 Å². The van der Waals surface area contributed by atoms with Gasteiger partial charge < -0.3 is 4.74 Å². The van der Waals surface area contributed by atoms with Crippen molar-refractivity contribution in [2.75, 3.05) is 13.7 Å². The lowest BCUT2D eigenvalue weighted by molar-refractivity contribution is 0.104. The number of aromatic nitrogens is 2. The Morgan fingerprint density at radius 3 is 2.56 bits per heavy atom. The van der Waals surface area contributed by atoms with Crippen LogP contribution in [0.15, 0.2) is 24.4 Å². The average molecular weight is 248 g/mol. The Balaban J connectivity index is 0.000000771. The second-order valence-electron chi connectivity index (χ2n) is 4.86. The molecule has 0 spiro atoms. The number of fused-ring (bicyclic) bond motifs is 1. The number of nitrogens with zero attached hydrogens (tertiary/aromatic N) is 2. The molecule has 0 aliphatic heterocycles. The zero-order valence-corrected chi connectivity index (χ0v) is 12.3. The Labute approximate surface area is 110 Å². The van der Waals surface area contributed by atoms with Crippen LogP contribution in [0.1, 0.15) is 33.3 Å². The molecule has 0 saturated carbocycles. The largest absolute Gasteiger partial charge is 0.382 e. The van der Waals surface area contributed by atoms with E-state index in [1.54, 1.807) is 7.11 Å². The zero-order chi connectivity index (χ0) is 13.8. The van der Waals surface area contributed by atoms with E-state index in [0.717, 1.165) is 0 Å². The van der Waals surface area contributed by atoms with Crippen LogP contribution in [0.3, 0.4) is 0 Å². The van der Waals surface area contributed by atoms with E-state index in [4.69, 9.17) is 4.74 Å². The first-order valence-electron chi connectivity index (χ1n) is 6.48. The Kier molecular flexibility index (Phi) is 4.91. The third kappa shape index (κ3) is 2.91. The van der Waals surface area contributed by atoms with Crippen LogP contribution in [0.4, 0.5) is 0 Å². The summed E-state index contributed by atoms with van der Waals surface area (Å²) < 4.78 is 7.29. The summed E-state index contributed by atoms with van der Waals surface area (Å²) in [5.74, 6) is 0. The third-order valence-electron chi connectivity index (χ3n) is 2.80. The van der Waals surface area contributed by atoms with E-state index in [2.05, 4.69) is 44.1 Å². The van der Waals surface area contributed by atoms with Gasteiger partial charge in [0.25, 0.3) is 0 Å². The molecule has 1 aromatic heterocycles. The number of hydrogen-bond acceptors (Lipinski definition) is 2. The van der Waals surface area contributed by atoms with Gasteiger partial charge in [0, 0.05) is 12.5 Å². The van der Waals surface area contributed by atoms with E-state index < -0.39 is 0 Å². The first kappa shape index (κ1) is 14.7. The Morgan fingerprint density at radius 1 is 1.28 bits per heavy atom. The minimum Gasteiger partial charge on any atom is -0.382 e. The van der Waals surface area contributed by atoms with Gasteiger partial charge in [-0.05, 0) is 32.4 Å². The highest BCUT2D eigenvalue weighted by Gasteiger charge is 2.22. The van der Waals surface area contributed by atoms with Crippen LogP contribution < -0.4 is 0 Å². The highest BCUT2D eigenvalue weighted by atomic mass is 16.5. The van der Waals surface area contributed by atoms with E-state index in [0.29, 0.717) is 6.61 Å². The number of aryl methyl sites for hydroxylation is 1. The van der Waals surface area contributed by atoms with E-state index in [1.807, 2.05) is 24.7 Å². The molecule has 0 unspecified atom stereocenters. The summed E-state index contributed by atoms with van der Waals surface area (Å²) in [6, 6.07) is 6.38. The van der Waals surface area contributed by atoms with Gasteiger partial charge in [-0.15, -0.1) is 0 Å². The van der Waals surface area contributed by atoms with Crippen LogP contribution in [-0.2, 0) is 10.3 Å². The topological polar surface area (TPSA) is 27.1 Å². The highest BCUT2D eigenvalue weighted by Crippen LogP contribution is 2.23. The van der Waals surface area contributed by atoms with Crippen molar-refractivity contribution in [3.63, 3.8) is 0 Å². The van der Waals surface area contributed by atoms with Gasteiger partial charge in [-0.25, -0.2) is 0 Å². The maximum atomic E-state index is 5.25. The molecule has 0 atom stereocenters. The molecule has 100 valence electrons. The minimum absolute atomic E-state index is 0.121. The fourth-order valence-electron chi connectivity index (χ4n) is 2.03. The average Bonchev–Trinajstić information content (AvgIpc) is 2.75. The molecule has 18 heavy (non-hydrogen) atoms. The van der Waals surface area contributed by atoms with Crippen molar-refractivity contribution in [3.05, 3.63) is 30.0 Å². The predicted octanol–water partition coefficient (Wildman–Crippen LogP) is 3.75. The molecule has 0 bridgehead atoms. The van der Waals surface area contributed by atoms with E-state index in [1.165, 1.54) is 16.5 Å². The lowest BCUT2D eigenvalue weighted by atomic mass is 10.1. The van der Waals surface area contributed by atoms with Gasteiger partial charge in [0.2, 0.25) is 0 Å². The first-order chi connectivity index (χ1) is 8.54. The molecule has 3 heteroatoms. The molecule has 2 aromatic rings. The summed E-state index contributed by atoms with van der Waals surface area (Å²) in [4.78, 5) is 0. The summed E-state index contributed by atoms with van der Waals surface area (Å²) in [5, 5.41) is 5.64. The molecule has 0 radical (unpaired) electrons. The molecular formula is C15H24N2O. The second-order valence-corrected chi connectivity index (χ2v) is 4.86. The monoisotopic (exact) mass is 248 g/mol. The zero-order valence-electron chi connectivity index (χ0n) is 12.3. The smallest absolute Gasteiger partial charge is 0.0811 e. The molecular weight excluding hydrogens is 224 g/mol. The number of rotatable bonds is 3. The van der Waals surface area contributed by atoms with Crippen molar-refractivity contribution >= 4 is 10.9 Å². The van der Waals surface area contributed by atoms with Crippen LogP contribution >= 0.6 is 0 Å². The van der Waals surface area contributed by atoms with Gasteiger partial charge in [-0.1, -0.05) is 26.0 Å². The molecule has 0 N–H and O–H groups in total. The third-order valence-corrected chi connectivity index (χ3v) is 2.80. The minimum atomic E-state index is -0.121. The van der Waals surface area contributed by atoms with E-state index >= 15 is 0 Å². The molecule has 1 aromatic carbocycles. The van der Waals surface area contributed by atoms with Crippen LogP contribution in [0.5, 0.6) is 0 Å².